The lowest BCUT2D eigenvalue weighted by Crippen LogP contribution is -2.35. The predicted molar refractivity (Wildman–Crippen MR) is 112 cm³/mol. The average molecular weight is 398 g/mol. The highest BCUT2D eigenvalue weighted by molar-refractivity contribution is 5.44. The van der Waals surface area contributed by atoms with Gasteiger partial charge in [0.1, 0.15) is 12.4 Å². The fourth-order valence-electron chi connectivity index (χ4n) is 4.02. The smallest absolute Gasteiger partial charge is 0.285 e. The topological polar surface area (TPSA) is 73.9 Å². The molecule has 4 aromatic rings. The Bertz CT molecular complexity index is 1120. The third kappa shape index (κ3) is 3.45. The zero-order chi connectivity index (χ0) is 20.4. The fourth-order valence-corrected chi connectivity index (χ4v) is 4.02. The average Bonchev–Trinajstić information content (AvgIpc) is 3.29. The summed E-state index contributed by atoms with van der Waals surface area (Å²) in [5.41, 5.74) is 4.94. The first-order chi connectivity index (χ1) is 14.7. The van der Waals surface area contributed by atoms with E-state index in [1.54, 1.807) is 6.20 Å². The summed E-state index contributed by atoms with van der Waals surface area (Å²) in [6.45, 7) is 2.47. The third-order valence-corrected chi connectivity index (χ3v) is 5.87. The molecule has 2 heterocycles. The highest BCUT2D eigenvalue weighted by atomic mass is 16.5. The van der Waals surface area contributed by atoms with Crippen LogP contribution in [0.4, 0.5) is 0 Å². The van der Waals surface area contributed by atoms with Crippen LogP contribution in [0, 0.1) is 6.92 Å². The zero-order valence-corrected chi connectivity index (χ0v) is 16.8. The molecule has 1 aliphatic rings. The molecule has 5 rings (SSSR count). The van der Waals surface area contributed by atoms with Crippen LogP contribution < -0.4 is 4.74 Å². The molecule has 1 saturated carbocycles. The van der Waals surface area contributed by atoms with Crippen molar-refractivity contribution in [1.29, 1.82) is 0 Å². The van der Waals surface area contributed by atoms with Gasteiger partial charge in [-0.25, -0.2) is 9.97 Å². The van der Waals surface area contributed by atoms with Crippen LogP contribution in [-0.4, -0.2) is 20.2 Å². The number of aromatic nitrogens is 4. The monoisotopic (exact) mass is 398 g/mol. The molecule has 0 radical (unpaired) electrons. The van der Waals surface area contributed by atoms with Crippen molar-refractivity contribution >= 4 is 0 Å². The molecule has 30 heavy (non-hydrogen) atoms. The molecule has 1 aliphatic carbocycles. The fraction of sp³-hybridized carbons (Fsp3) is 0.250. The molecule has 2 aromatic carbocycles. The Kier molecular flexibility index (Phi) is 4.75. The van der Waals surface area contributed by atoms with Crippen molar-refractivity contribution in [3.8, 4) is 17.5 Å². The minimum atomic E-state index is 0.137. The van der Waals surface area contributed by atoms with Gasteiger partial charge in [0.15, 0.2) is 0 Å². The summed E-state index contributed by atoms with van der Waals surface area (Å²) in [6, 6.07) is 19.2. The molecular weight excluding hydrogens is 376 g/mol. The Balaban J connectivity index is 1.30. The zero-order valence-electron chi connectivity index (χ0n) is 16.8. The lowest BCUT2D eigenvalue weighted by atomic mass is 9.60. The van der Waals surface area contributed by atoms with Gasteiger partial charge in [-0.2, -0.15) is 0 Å². The lowest BCUT2D eigenvalue weighted by molar-refractivity contribution is 0.294. The Morgan fingerprint density at radius 2 is 1.70 bits per heavy atom. The van der Waals surface area contributed by atoms with Crippen LogP contribution in [0.15, 0.2) is 71.6 Å². The van der Waals surface area contributed by atoms with Crippen LogP contribution in [0.5, 0.6) is 5.75 Å². The first kappa shape index (κ1) is 18.5. The van der Waals surface area contributed by atoms with E-state index in [1.165, 1.54) is 42.3 Å². The maximum atomic E-state index is 5.95. The Morgan fingerprint density at radius 1 is 0.967 bits per heavy atom. The van der Waals surface area contributed by atoms with Crippen LogP contribution in [0.1, 0.15) is 41.6 Å². The van der Waals surface area contributed by atoms with Crippen molar-refractivity contribution in [2.45, 2.75) is 38.2 Å². The number of rotatable bonds is 6. The van der Waals surface area contributed by atoms with Crippen molar-refractivity contribution in [2.75, 3.05) is 0 Å². The summed E-state index contributed by atoms with van der Waals surface area (Å²) in [7, 11) is 0. The molecule has 6 heteroatoms. The van der Waals surface area contributed by atoms with Gasteiger partial charge in [0.2, 0.25) is 12.2 Å². The molecule has 150 valence electrons. The third-order valence-electron chi connectivity index (χ3n) is 5.87. The summed E-state index contributed by atoms with van der Waals surface area (Å²) in [6.07, 6.45) is 6.57. The van der Waals surface area contributed by atoms with E-state index in [4.69, 9.17) is 9.15 Å². The van der Waals surface area contributed by atoms with E-state index in [0.29, 0.717) is 18.3 Å². The summed E-state index contributed by atoms with van der Waals surface area (Å²) in [5, 5.41) is 7.50. The molecular formula is C24H22N4O2. The molecule has 2 aromatic heterocycles. The summed E-state index contributed by atoms with van der Waals surface area (Å²) < 4.78 is 11.1. The second-order valence-corrected chi connectivity index (χ2v) is 7.73. The van der Waals surface area contributed by atoms with Crippen LogP contribution in [0.25, 0.3) is 11.7 Å². The van der Waals surface area contributed by atoms with Crippen molar-refractivity contribution in [3.63, 3.8) is 0 Å². The normalized spacial score (nSPS) is 14.8. The molecule has 0 bridgehead atoms. The van der Waals surface area contributed by atoms with E-state index in [1.807, 2.05) is 18.2 Å². The van der Waals surface area contributed by atoms with Crippen LogP contribution in [0.3, 0.4) is 0 Å². The second-order valence-electron chi connectivity index (χ2n) is 7.73. The van der Waals surface area contributed by atoms with Crippen LogP contribution in [-0.2, 0) is 12.0 Å². The summed E-state index contributed by atoms with van der Waals surface area (Å²) in [4.78, 5) is 8.59. The largest absolute Gasteiger partial charge is 0.487 e. The first-order valence-electron chi connectivity index (χ1n) is 10.1. The van der Waals surface area contributed by atoms with E-state index in [-0.39, 0.29) is 5.41 Å². The molecule has 0 N–H and O–H groups in total. The molecule has 0 amide bonds. The van der Waals surface area contributed by atoms with Crippen LogP contribution in [0.2, 0.25) is 0 Å². The van der Waals surface area contributed by atoms with Gasteiger partial charge in [-0.3, -0.25) is 0 Å². The van der Waals surface area contributed by atoms with Crippen molar-refractivity contribution < 1.29 is 9.15 Å². The number of hydrogen-bond donors (Lipinski definition) is 0. The number of aryl methyl sites for hydroxylation is 1. The first-order valence-corrected chi connectivity index (χ1v) is 10.1. The Hall–Kier alpha value is -3.54. The highest BCUT2D eigenvalue weighted by Crippen LogP contribution is 2.49. The lowest BCUT2D eigenvalue weighted by Gasteiger charge is -2.43. The summed E-state index contributed by atoms with van der Waals surface area (Å²) >= 11 is 0. The van der Waals surface area contributed by atoms with E-state index >= 15 is 0 Å². The van der Waals surface area contributed by atoms with Gasteiger partial charge >= 0.3 is 0 Å². The maximum absolute atomic E-state index is 5.95. The molecule has 0 atom stereocenters. The van der Waals surface area contributed by atoms with Crippen molar-refractivity contribution in [2.24, 2.45) is 0 Å². The van der Waals surface area contributed by atoms with Gasteiger partial charge in [-0.1, -0.05) is 48.4 Å². The predicted octanol–water partition coefficient (Wildman–Crippen LogP) is 4.88. The maximum Gasteiger partial charge on any atom is 0.285 e. The van der Waals surface area contributed by atoms with Crippen molar-refractivity contribution in [1.82, 2.24) is 20.2 Å². The second kappa shape index (κ2) is 7.71. The Morgan fingerprint density at radius 3 is 2.33 bits per heavy atom. The standard InChI is InChI=1S/C24H22N4O2/c1-17-3-5-18(6-4-17)24(12-2-13-24)19-7-9-21(10-8-19)29-15-20-11-14-25-22(27-20)23-28-26-16-30-23/h3-11,14,16H,2,12-13,15H2,1H3. The van der Waals surface area contributed by atoms with Gasteiger partial charge in [0.05, 0.1) is 5.69 Å². The molecule has 0 aliphatic heterocycles. The molecule has 0 saturated heterocycles. The van der Waals surface area contributed by atoms with Gasteiger partial charge in [0, 0.05) is 11.6 Å². The molecule has 6 nitrogen and oxygen atoms in total. The highest BCUT2D eigenvalue weighted by Gasteiger charge is 2.40. The van der Waals surface area contributed by atoms with Crippen LogP contribution >= 0.6 is 0 Å². The molecule has 1 fully saturated rings. The van der Waals surface area contributed by atoms with Crippen molar-refractivity contribution in [3.05, 3.63) is 89.6 Å². The number of benzene rings is 2. The number of nitrogens with zero attached hydrogens (tertiary/aromatic N) is 4. The SMILES string of the molecule is Cc1ccc(C2(c3ccc(OCc4ccnc(-c5nnco5)n4)cc3)CCC2)cc1. The molecule has 0 unspecified atom stereocenters. The number of hydrogen-bond acceptors (Lipinski definition) is 6. The minimum Gasteiger partial charge on any atom is -0.487 e. The van der Waals surface area contributed by atoms with Gasteiger partial charge < -0.3 is 9.15 Å². The van der Waals surface area contributed by atoms with Gasteiger partial charge in [0.25, 0.3) is 5.89 Å². The minimum absolute atomic E-state index is 0.137. The van der Waals surface area contributed by atoms with Gasteiger partial charge in [-0.05, 0) is 49.1 Å². The summed E-state index contributed by atoms with van der Waals surface area (Å²) in [5.74, 6) is 1.51. The number of ether oxygens (including phenoxy) is 1. The van der Waals surface area contributed by atoms with E-state index in [9.17, 15) is 0 Å². The Labute approximate surface area is 175 Å². The van der Waals surface area contributed by atoms with E-state index in [2.05, 4.69) is 63.5 Å². The van der Waals surface area contributed by atoms with E-state index < -0.39 is 0 Å². The molecule has 0 spiro atoms. The van der Waals surface area contributed by atoms with E-state index in [0.717, 1.165) is 11.4 Å². The van der Waals surface area contributed by atoms with Gasteiger partial charge in [-0.15, -0.1) is 10.2 Å². The quantitative estimate of drug-likeness (QED) is 0.461.